The molecule has 4 N–H and O–H groups in total. The lowest BCUT2D eigenvalue weighted by molar-refractivity contribution is -0.394. The molecule has 0 aliphatic heterocycles. The van der Waals surface area contributed by atoms with Gasteiger partial charge in [-0.3, -0.25) is 50.8 Å². The second kappa shape index (κ2) is 11.8. The average Bonchev–Trinajstić information content (AvgIpc) is 2.77. The van der Waals surface area contributed by atoms with E-state index in [1.807, 2.05) is 0 Å². The Morgan fingerprint density at radius 1 is 0.882 bits per heavy atom. The fourth-order valence-electron chi connectivity index (χ4n) is 2.36. The van der Waals surface area contributed by atoms with E-state index in [9.17, 15) is 34.6 Å². The quantitative estimate of drug-likeness (QED) is 0.238. The molecule has 178 valence electrons. The fraction of sp³-hybridized carbons (Fsp3) is 0.111. The van der Waals surface area contributed by atoms with Crippen molar-refractivity contribution < 1.29 is 24.2 Å². The second-order valence-electron chi connectivity index (χ2n) is 6.38. The van der Waals surface area contributed by atoms with Crippen LogP contribution in [0.5, 0.6) is 0 Å². The van der Waals surface area contributed by atoms with Crippen molar-refractivity contribution in [1.82, 2.24) is 16.2 Å². The summed E-state index contributed by atoms with van der Waals surface area (Å²) in [6.07, 6.45) is -0.458. The van der Waals surface area contributed by atoms with Gasteiger partial charge >= 0.3 is 0 Å². The first-order valence-corrected chi connectivity index (χ1v) is 10.2. The molecular weight excluding hydrogens is 515 g/mol. The molecule has 13 nitrogen and oxygen atoms in total. The summed E-state index contributed by atoms with van der Waals surface area (Å²) in [6.45, 7) is 0. The Kier molecular flexibility index (Phi) is 9.18. The van der Waals surface area contributed by atoms with Crippen molar-refractivity contribution in [2.75, 3.05) is 5.32 Å². The monoisotopic (exact) mass is 528 g/mol. The lowest BCUT2D eigenvalue weighted by atomic mass is 10.1. The number of nitro benzene ring substituents is 2. The van der Waals surface area contributed by atoms with E-state index < -0.39 is 49.6 Å². The number of benzene rings is 2. The van der Waals surface area contributed by atoms with Crippen LogP contribution in [0.2, 0.25) is 10.0 Å². The number of hydrazine groups is 1. The topological polar surface area (TPSA) is 186 Å². The highest BCUT2D eigenvalue weighted by molar-refractivity contribution is 7.80. The number of carbonyl (C=O) groups excluding carboxylic acids is 3. The van der Waals surface area contributed by atoms with Crippen LogP contribution in [-0.4, -0.2) is 32.7 Å². The predicted molar refractivity (Wildman–Crippen MR) is 125 cm³/mol. The zero-order valence-corrected chi connectivity index (χ0v) is 19.1. The number of carbonyl (C=O) groups is 3. The summed E-state index contributed by atoms with van der Waals surface area (Å²) in [7, 11) is 0. The van der Waals surface area contributed by atoms with Crippen molar-refractivity contribution >= 4 is 75.3 Å². The molecule has 0 saturated heterocycles. The Morgan fingerprint density at radius 3 is 2.03 bits per heavy atom. The Morgan fingerprint density at radius 2 is 1.47 bits per heavy atom. The van der Waals surface area contributed by atoms with Crippen LogP contribution < -0.4 is 21.5 Å². The van der Waals surface area contributed by atoms with E-state index in [0.29, 0.717) is 16.8 Å². The molecule has 2 aromatic rings. The Labute approximate surface area is 206 Å². The van der Waals surface area contributed by atoms with Crippen molar-refractivity contribution in [3.63, 3.8) is 0 Å². The summed E-state index contributed by atoms with van der Waals surface area (Å²) in [4.78, 5) is 56.1. The summed E-state index contributed by atoms with van der Waals surface area (Å²) in [5.41, 5.74) is 2.96. The molecule has 3 amide bonds. The highest BCUT2D eigenvalue weighted by Gasteiger charge is 2.20. The summed E-state index contributed by atoms with van der Waals surface area (Å²) in [5.74, 6) is -2.14. The number of halogens is 2. The van der Waals surface area contributed by atoms with E-state index in [1.54, 1.807) is 0 Å². The highest BCUT2D eigenvalue weighted by atomic mass is 35.5. The molecule has 34 heavy (non-hydrogen) atoms. The third-order valence-electron chi connectivity index (χ3n) is 3.91. The molecule has 0 saturated carbocycles. The van der Waals surface area contributed by atoms with Gasteiger partial charge in [0.05, 0.1) is 32.2 Å². The number of hydrogen-bond donors (Lipinski definition) is 4. The largest absolute Gasteiger partial charge is 0.325 e. The molecule has 2 rings (SSSR count). The standard InChI is InChI=1S/C18H14Cl2N6O7S/c19-10-1-2-14(13(20)7-10)21-15(27)3-4-16(28)23-24-18(34)22-17(29)9-5-11(25(30)31)8-12(6-9)26(32)33/h1-2,5-8H,3-4H2,(H,21,27)(H,23,28)(H2,22,24,29,34). The minimum atomic E-state index is -0.988. The molecular formula is C18H14Cl2N6O7S. The third kappa shape index (κ3) is 7.91. The lowest BCUT2D eigenvalue weighted by Crippen LogP contribution is -2.48. The van der Waals surface area contributed by atoms with Crippen molar-refractivity contribution in [2.45, 2.75) is 12.8 Å². The van der Waals surface area contributed by atoms with Crippen LogP contribution in [0.3, 0.4) is 0 Å². The van der Waals surface area contributed by atoms with Crippen LogP contribution in [0.4, 0.5) is 17.1 Å². The van der Waals surface area contributed by atoms with Gasteiger partial charge in [-0.05, 0) is 30.4 Å². The second-order valence-corrected chi connectivity index (χ2v) is 7.63. The van der Waals surface area contributed by atoms with Crippen molar-refractivity contribution in [3.05, 3.63) is 72.2 Å². The van der Waals surface area contributed by atoms with Crippen molar-refractivity contribution in [2.24, 2.45) is 0 Å². The smallest absolute Gasteiger partial charge is 0.277 e. The maximum Gasteiger partial charge on any atom is 0.277 e. The van der Waals surface area contributed by atoms with Gasteiger partial charge < -0.3 is 5.32 Å². The zero-order chi connectivity index (χ0) is 25.4. The molecule has 0 bridgehead atoms. The fourth-order valence-corrected chi connectivity index (χ4v) is 2.96. The molecule has 0 spiro atoms. The number of nitrogens with zero attached hydrogens (tertiary/aromatic N) is 2. The third-order valence-corrected chi connectivity index (χ3v) is 4.67. The van der Waals surface area contributed by atoms with Crippen LogP contribution in [0.15, 0.2) is 36.4 Å². The minimum absolute atomic E-state index is 0.205. The Bertz CT molecular complexity index is 1160. The molecule has 0 fully saturated rings. The molecule has 0 aromatic heterocycles. The summed E-state index contributed by atoms with van der Waals surface area (Å²) >= 11 is 16.6. The van der Waals surface area contributed by atoms with Gasteiger partial charge in [0.1, 0.15) is 0 Å². The minimum Gasteiger partial charge on any atom is -0.325 e. The number of thiocarbonyl (C=S) groups is 1. The van der Waals surface area contributed by atoms with Crippen molar-refractivity contribution in [1.29, 1.82) is 0 Å². The SMILES string of the molecule is O=C(CCC(=O)Nc1ccc(Cl)cc1Cl)NNC(=S)NC(=O)c1cc([N+](=O)[O-])cc([N+](=O)[O-])c1. The van der Waals surface area contributed by atoms with E-state index in [2.05, 4.69) is 21.5 Å². The van der Waals surface area contributed by atoms with Gasteiger partial charge in [0, 0.05) is 30.0 Å². The number of anilines is 1. The van der Waals surface area contributed by atoms with Gasteiger partial charge in [0.25, 0.3) is 17.3 Å². The number of nitrogens with one attached hydrogen (secondary N) is 4. The van der Waals surface area contributed by atoms with Crippen LogP contribution in [0.25, 0.3) is 0 Å². The maximum atomic E-state index is 12.2. The van der Waals surface area contributed by atoms with E-state index in [1.165, 1.54) is 18.2 Å². The Balaban J connectivity index is 1.83. The van der Waals surface area contributed by atoms with Gasteiger partial charge in [-0.25, -0.2) is 0 Å². The number of hydrogen-bond acceptors (Lipinski definition) is 8. The highest BCUT2D eigenvalue weighted by Crippen LogP contribution is 2.25. The van der Waals surface area contributed by atoms with Crippen molar-refractivity contribution in [3.8, 4) is 0 Å². The zero-order valence-electron chi connectivity index (χ0n) is 16.8. The molecule has 0 heterocycles. The van der Waals surface area contributed by atoms with Crippen LogP contribution in [0.1, 0.15) is 23.2 Å². The first-order chi connectivity index (χ1) is 16.0. The van der Waals surface area contributed by atoms with Gasteiger partial charge in [-0.1, -0.05) is 23.2 Å². The van der Waals surface area contributed by atoms with E-state index in [4.69, 9.17) is 35.4 Å². The Hall–Kier alpha value is -3.88. The van der Waals surface area contributed by atoms with Crippen LogP contribution in [-0.2, 0) is 9.59 Å². The molecule has 0 unspecified atom stereocenters. The van der Waals surface area contributed by atoms with Crippen LogP contribution >= 0.6 is 35.4 Å². The number of rotatable bonds is 7. The first kappa shape index (κ1) is 26.4. The molecule has 0 atom stereocenters. The summed E-state index contributed by atoms with van der Waals surface area (Å²) in [5, 5.41) is 26.7. The number of non-ortho nitro benzene ring substituents is 2. The van der Waals surface area contributed by atoms with Gasteiger partial charge in [-0.2, -0.15) is 0 Å². The maximum absolute atomic E-state index is 12.2. The molecule has 0 aliphatic rings. The molecule has 0 radical (unpaired) electrons. The van der Waals surface area contributed by atoms with Gasteiger partial charge in [-0.15, -0.1) is 0 Å². The first-order valence-electron chi connectivity index (χ1n) is 9.05. The normalized spacial score (nSPS) is 10.1. The average molecular weight is 529 g/mol. The molecule has 2 aromatic carbocycles. The summed E-state index contributed by atoms with van der Waals surface area (Å²) in [6, 6.07) is 6.83. The summed E-state index contributed by atoms with van der Waals surface area (Å²) < 4.78 is 0. The van der Waals surface area contributed by atoms with E-state index >= 15 is 0 Å². The van der Waals surface area contributed by atoms with Crippen LogP contribution in [0, 0.1) is 20.2 Å². The molecule has 0 aliphatic carbocycles. The van der Waals surface area contributed by atoms with Gasteiger partial charge in [0.2, 0.25) is 11.8 Å². The predicted octanol–water partition coefficient (Wildman–Crippen LogP) is 2.86. The van der Waals surface area contributed by atoms with Gasteiger partial charge in [0.15, 0.2) is 5.11 Å². The number of amides is 3. The molecule has 16 heteroatoms. The van der Waals surface area contributed by atoms with E-state index in [0.717, 1.165) is 12.1 Å². The lowest BCUT2D eigenvalue weighted by Gasteiger charge is -2.11. The number of nitro groups is 2. The van der Waals surface area contributed by atoms with E-state index in [-0.39, 0.29) is 17.9 Å².